The SMILES string of the molecule is C=C(OC(CC1CCC2C(CCC3C2CCC2C(C)CCC23N)C1)OCC(C)C)c1ccccc1.CCOC(C)c1ccccc1. The van der Waals surface area contributed by atoms with Crippen molar-refractivity contribution in [2.45, 2.75) is 117 Å². The van der Waals surface area contributed by atoms with E-state index in [1.54, 1.807) is 0 Å². The van der Waals surface area contributed by atoms with Crippen molar-refractivity contribution in [3.05, 3.63) is 78.4 Å². The van der Waals surface area contributed by atoms with Gasteiger partial charge in [0.2, 0.25) is 0 Å². The molecule has 0 heterocycles. The van der Waals surface area contributed by atoms with Crippen LogP contribution in [-0.2, 0) is 14.2 Å². The second-order valence-electron chi connectivity index (χ2n) is 15.6. The maximum Gasteiger partial charge on any atom is 0.200 e. The van der Waals surface area contributed by atoms with Gasteiger partial charge in [-0.3, -0.25) is 0 Å². The highest BCUT2D eigenvalue weighted by atomic mass is 16.7. The lowest BCUT2D eigenvalue weighted by Gasteiger charge is -2.57. The molecule has 0 aromatic heterocycles. The molecule has 46 heavy (non-hydrogen) atoms. The number of hydrogen-bond donors (Lipinski definition) is 1. The van der Waals surface area contributed by atoms with Gasteiger partial charge >= 0.3 is 0 Å². The zero-order valence-corrected chi connectivity index (χ0v) is 29.5. The highest BCUT2D eigenvalue weighted by Gasteiger charge is 2.57. The van der Waals surface area contributed by atoms with Gasteiger partial charge in [-0.15, -0.1) is 0 Å². The van der Waals surface area contributed by atoms with Crippen molar-refractivity contribution in [1.29, 1.82) is 0 Å². The van der Waals surface area contributed by atoms with Crippen LogP contribution < -0.4 is 5.73 Å². The molecule has 2 aromatic carbocycles. The summed E-state index contributed by atoms with van der Waals surface area (Å²) in [5.74, 6) is 6.96. The van der Waals surface area contributed by atoms with E-state index < -0.39 is 0 Å². The summed E-state index contributed by atoms with van der Waals surface area (Å²) in [5.41, 5.74) is 9.67. The third-order valence-corrected chi connectivity index (χ3v) is 12.2. The lowest BCUT2D eigenvalue weighted by Crippen LogP contribution is -2.59. The first kappa shape index (κ1) is 35.2. The topological polar surface area (TPSA) is 53.7 Å². The van der Waals surface area contributed by atoms with Gasteiger partial charge in [0.15, 0.2) is 6.29 Å². The van der Waals surface area contributed by atoms with Crippen LogP contribution in [0, 0.1) is 47.3 Å². The maximum absolute atomic E-state index is 7.24. The van der Waals surface area contributed by atoms with Crippen LogP contribution >= 0.6 is 0 Å². The number of benzene rings is 2. The van der Waals surface area contributed by atoms with Crippen molar-refractivity contribution < 1.29 is 14.2 Å². The van der Waals surface area contributed by atoms with Crippen LogP contribution in [0.4, 0.5) is 0 Å². The van der Waals surface area contributed by atoms with Crippen LogP contribution in [-0.4, -0.2) is 25.0 Å². The van der Waals surface area contributed by atoms with Gasteiger partial charge < -0.3 is 19.9 Å². The second-order valence-corrected chi connectivity index (χ2v) is 15.6. The van der Waals surface area contributed by atoms with Crippen LogP contribution in [0.5, 0.6) is 0 Å². The quantitative estimate of drug-likeness (QED) is 0.198. The third kappa shape index (κ3) is 8.47. The second kappa shape index (κ2) is 16.3. The standard InChI is InChI=1S/C32H49NO2.C10H14O/c1-21(2)20-34-31(35-23(4)25-8-6-5-7-9-25)19-24-10-12-27-26(18-24)11-14-30-28(27)13-15-29-22(3)16-17-32(29,30)33;1-3-11-9(2)10-7-5-4-6-8-10/h5-9,21-22,24,26-31H,4,10-20,33H2,1-3H3;4-9H,3H2,1-2H3. The van der Waals surface area contributed by atoms with Gasteiger partial charge in [0, 0.05) is 24.1 Å². The lowest BCUT2D eigenvalue weighted by molar-refractivity contribution is -0.123. The maximum atomic E-state index is 7.24. The van der Waals surface area contributed by atoms with E-state index in [0.717, 1.165) is 66.5 Å². The fraction of sp³-hybridized carbons (Fsp3) is 0.667. The van der Waals surface area contributed by atoms with Gasteiger partial charge in [-0.25, -0.2) is 0 Å². The molecule has 2 aromatic rings. The molecule has 6 rings (SSSR count). The van der Waals surface area contributed by atoms with Crippen LogP contribution in [0.2, 0.25) is 0 Å². The molecule has 10 unspecified atom stereocenters. The van der Waals surface area contributed by atoms with E-state index >= 15 is 0 Å². The molecule has 0 aliphatic heterocycles. The molecule has 2 N–H and O–H groups in total. The van der Waals surface area contributed by atoms with Crippen LogP contribution in [0.25, 0.3) is 5.76 Å². The Hall–Kier alpha value is -2.14. The van der Waals surface area contributed by atoms with E-state index in [1.807, 2.05) is 43.3 Å². The number of fused-ring (bicyclic) bond motifs is 5. The van der Waals surface area contributed by atoms with Crippen LogP contribution in [0.3, 0.4) is 0 Å². The molecular weight excluding hydrogens is 566 g/mol. The summed E-state index contributed by atoms with van der Waals surface area (Å²) < 4.78 is 18.1. The zero-order valence-electron chi connectivity index (χ0n) is 29.5. The van der Waals surface area contributed by atoms with Crippen LogP contribution in [0.1, 0.15) is 116 Å². The fourth-order valence-electron chi connectivity index (χ4n) is 9.91. The van der Waals surface area contributed by atoms with Gasteiger partial charge in [-0.1, -0.05) is 88.0 Å². The van der Waals surface area contributed by atoms with E-state index in [2.05, 4.69) is 58.5 Å². The molecular formula is C42H63NO3. The molecule has 4 fully saturated rings. The predicted octanol–water partition coefficient (Wildman–Crippen LogP) is 10.4. The Morgan fingerprint density at radius 2 is 1.52 bits per heavy atom. The lowest BCUT2D eigenvalue weighted by atomic mass is 9.50. The molecule has 4 aliphatic carbocycles. The summed E-state index contributed by atoms with van der Waals surface area (Å²) in [6, 6.07) is 20.5. The van der Waals surface area contributed by atoms with Crippen molar-refractivity contribution in [3.8, 4) is 0 Å². The molecule has 10 atom stereocenters. The Balaban J connectivity index is 0.000000322. The van der Waals surface area contributed by atoms with Crippen LogP contribution in [0.15, 0.2) is 67.2 Å². The minimum atomic E-state index is -0.203. The molecule has 0 spiro atoms. The summed E-state index contributed by atoms with van der Waals surface area (Å²) >= 11 is 0. The average molecular weight is 630 g/mol. The summed E-state index contributed by atoms with van der Waals surface area (Å²) in [6.07, 6.45) is 13.2. The number of hydrogen-bond acceptors (Lipinski definition) is 4. The first-order valence-corrected chi connectivity index (χ1v) is 18.7. The minimum absolute atomic E-state index is 0.144. The predicted molar refractivity (Wildman–Crippen MR) is 191 cm³/mol. The van der Waals surface area contributed by atoms with E-state index in [4.69, 9.17) is 19.9 Å². The Bertz CT molecular complexity index is 1200. The van der Waals surface area contributed by atoms with Crippen molar-refractivity contribution in [1.82, 2.24) is 0 Å². The van der Waals surface area contributed by atoms with Crippen molar-refractivity contribution in [3.63, 3.8) is 0 Å². The first-order chi connectivity index (χ1) is 22.2. The van der Waals surface area contributed by atoms with E-state index in [1.165, 1.54) is 63.4 Å². The summed E-state index contributed by atoms with van der Waals surface area (Å²) in [6.45, 7) is 16.7. The van der Waals surface area contributed by atoms with Gasteiger partial charge in [-0.2, -0.15) is 0 Å². The number of nitrogens with two attached hydrogens (primary N) is 1. The molecule has 4 heteroatoms. The molecule has 4 saturated carbocycles. The largest absolute Gasteiger partial charge is 0.465 e. The van der Waals surface area contributed by atoms with Crippen molar-refractivity contribution in [2.24, 2.45) is 53.1 Å². The molecule has 4 nitrogen and oxygen atoms in total. The summed E-state index contributed by atoms with van der Waals surface area (Å²) in [7, 11) is 0. The van der Waals surface area contributed by atoms with E-state index in [0.29, 0.717) is 11.8 Å². The minimum Gasteiger partial charge on any atom is -0.465 e. The Morgan fingerprint density at radius 1 is 0.848 bits per heavy atom. The van der Waals surface area contributed by atoms with E-state index in [9.17, 15) is 0 Å². The molecule has 4 aliphatic rings. The fourth-order valence-corrected chi connectivity index (χ4v) is 9.91. The smallest absolute Gasteiger partial charge is 0.200 e. The van der Waals surface area contributed by atoms with Crippen molar-refractivity contribution in [2.75, 3.05) is 13.2 Å². The Kier molecular flexibility index (Phi) is 12.5. The first-order valence-electron chi connectivity index (χ1n) is 18.7. The summed E-state index contributed by atoms with van der Waals surface area (Å²) in [4.78, 5) is 0. The third-order valence-electron chi connectivity index (χ3n) is 12.2. The van der Waals surface area contributed by atoms with Gasteiger partial charge in [0.25, 0.3) is 0 Å². The highest BCUT2D eigenvalue weighted by Crippen LogP contribution is 2.60. The molecule has 0 amide bonds. The van der Waals surface area contributed by atoms with Gasteiger partial charge in [0.1, 0.15) is 5.76 Å². The monoisotopic (exact) mass is 629 g/mol. The number of rotatable bonds is 11. The molecule has 0 radical (unpaired) electrons. The Morgan fingerprint density at radius 3 is 2.22 bits per heavy atom. The average Bonchev–Trinajstić information content (AvgIpc) is 3.38. The van der Waals surface area contributed by atoms with Gasteiger partial charge in [-0.05, 0) is 125 Å². The number of ether oxygens (including phenoxy) is 3. The molecule has 254 valence electrons. The van der Waals surface area contributed by atoms with E-state index in [-0.39, 0.29) is 17.9 Å². The Labute approximate surface area is 280 Å². The van der Waals surface area contributed by atoms with Crippen molar-refractivity contribution >= 4 is 5.76 Å². The summed E-state index contributed by atoms with van der Waals surface area (Å²) in [5, 5.41) is 0. The highest BCUT2D eigenvalue weighted by molar-refractivity contribution is 5.57. The zero-order chi connectivity index (χ0) is 32.7. The molecule has 0 saturated heterocycles. The van der Waals surface area contributed by atoms with Gasteiger partial charge in [0.05, 0.1) is 12.7 Å². The normalized spacial score (nSPS) is 33.1. The molecule has 0 bridgehead atoms.